The van der Waals surface area contributed by atoms with Gasteiger partial charge in [-0.2, -0.15) is 0 Å². The summed E-state index contributed by atoms with van der Waals surface area (Å²) in [6, 6.07) is 5.85. The van der Waals surface area contributed by atoms with Gasteiger partial charge in [0, 0.05) is 0 Å². The molecule has 0 radical (unpaired) electrons. The Labute approximate surface area is 118 Å². The number of hydrogen-bond acceptors (Lipinski definition) is 3. The van der Waals surface area contributed by atoms with Crippen LogP contribution < -0.4 is 5.32 Å². The molecule has 0 bridgehead atoms. The zero-order valence-corrected chi connectivity index (χ0v) is 12.5. The molecule has 0 aliphatic rings. The molecule has 0 saturated heterocycles. The number of nitrogens with one attached hydrogen (secondary N) is 1. The molecule has 102 valence electrons. The molecule has 0 fully saturated rings. The smallest absolute Gasteiger partial charge is 0.102 e. The molecule has 5 heteroatoms. The summed E-state index contributed by atoms with van der Waals surface area (Å²) in [5, 5.41) is 12.3. The Hall–Kier alpha value is -1.55. The molecule has 1 aromatic heterocycles. The number of hydrogen-bond donors (Lipinski definition) is 1. The molecule has 1 heterocycles. The zero-order chi connectivity index (χ0) is 14.0. The van der Waals surface area contributed by atoms with E-state index in [0.29, 0.717) is 6.54 Å². The molecule has 1 N–H and O–H groups in total. The summed E-state index contributed by atoms with van der Waals surface area (Å²) >= 11 is 6.17. The summed E-state index contributed by atoms with van der Waals surface area (Å²) in [7, 11) is 0. The highest BCUT2D eigenvalue weighted by atomic mass is 35.5. The Morgan fingerprint density at radius 1 is 1.32 bits per heavy atom. The van der Waals surface area contributed by atoms with E-state index in [-0.39, 0.29) is 5.54 Å². The lowest BCUT2D eigenvalue weighted by molar-refractivity contribution is 0.347. The van der Waals surface area contributed by atoms with E-state index in [2.05, 4.69) is 36.4 Å². The molecule has 0 amide bonds. The van der Waals surface area contributed by atoms with E-state index in [9.17, 15) is 0 Å². The number of benzene rings is 1. The first-order chi connectivity index (χ1) is 8.88. The maximum atomic E-state index is 6.17. The SMILES string of the molecule is Cc1cccc(Cl)c1NCc1cn(C(C)(C)C)nn1. The van der Waals surface area contributed by atoms with Gasteiger partial charge in [-0.25, -0.2) is 4.68 Å². The van der Waals surface area contributed by atoms with Crippen LogP contribution in [-0.4, -0.2) is 15.0 Å². The normalized spacial score (nSPS) is 11.6. The minimum absolute atomic E-state index is 0.0500. The molecule has 19 heavy (non-hydrogen) atoms. The lowest BCUT2D eigenvalue weighted by Crippen LogP contribution is -2.22. The fraction of sp³-hybridized carbons (Fsp3) is 0.429. The lowest BCUT2D eigenvalue weighted by atomic mass is 10.1. The Balaban J connectivity index is 2.09. The highest BCUT2D eigenvalue weighted by Crippen LogP contribution is 2.25. The Bertz CT molecular complexity index is 549. The minimum atomic E-state index is -0.0500. The number of anilines is 1. The highest BCUT2D eigenvalue weighted by Gasteiger charge is 2.15. The lowest BCUT2D eigenvalue weighted by Gasteiger charge is -2.17. The summed E-state index contributed by atoms with van der Waals surface area (Å²) in [4.78, 5) is 0. The zero-order valence-electron chi connectivity index (χ0n) is 11.7. The summed E-state index contributed by atoms with van der Waals surface area (Å²) in [5.41, 5.74) is 2.92. The van der Waals surface area contributed by atoms with Crippen LogP contribution in [0.15, 0.2) is 24.4 Å². The number of halogens is 1. The second-order valence-electron chi connectivity index (χ2n) is 5.61. The molecule has 2 aromatic rings. The first-order valence-electron chi connectivity index (χ1n) is 6.28. The average Bonchev–Trinajstić information content (AvgIpc) is 2.77. The molecule has 0 spiro atoms. The molecule has 0 aliphatic heterocycles. The van der Waals surface area contributed by atoms with Gasteiger partial charge in [0.05, 0.1) is 29.0 Å². The molecule has 0 atom stereocenters. The molecule has 0 unspecified atom stereocenters. The summed E-state index contributed by atoms with van der Waals surface area (Å²) < 4.78 is 1.86. The number of aryl methyl sites for hydroxylation is 1. The number of aromatic nitrogens is 3. The predicted octanol–water partition coefficient (Wildman–Crippen LogP) is 3.61. The second-order valence-corrected chi connectivity index (χ2v) is 6.02. The van der Waals surface area contributed by atoms with Gasteiger partial charge in [-0.3, -0.25) is 0 Å². The van der Waals surface area contributed by atoms with Crippen LogP contribution in [0.1, 0.15) is 32.0 Å². The van der Waals surface area contributed by atoms with Crippen molar-refractivity contribution in [3.8, 4) is 0 Å². The van der Waals surface area contributed by atoms with Crippen molar-refractivity contribution < 1.29 is 0 Å². The van der Waals surface area contributed by atoms with Crippen molar-refractivity contribution in [3.05, 3.63) is 40.7 Å². The van der Waals surface area contributed by atoms with Crippen LogP contribution in [0.5, 0.6) is 0 Å². The predicted molar refractivity (Wildman–Crippen MR) is 78.5 cm³/mol. The summed E-state index contributed by atoms with van der Waals surface area (Å²) in [6.45, 7) is 8.92. The van der Waals surface area contributed by atoms with Gasteiger partial charge in [0.25, 0.3) is 0 Å². The van der Waals surface area contributed by atoms with Crippen molar-refractivity contribution >= 4 is 17.3 Å². The van der Waals surface area contributed by atoms with Crippen LogP contribution in [-0.2, 0) is 12.1 Å². The van der Waals surface area contributed by atoms with Crippen LogP contribution in [0, 0.1) is 6.92 Å². The van der Waals surface area contributed by atoms with Gasteiger partial charge in [-0.15, -0.1) is 5.10 Å². The van der Waals surface area contributed by atoms with Crippen LogP contribution in [0.25, 0.3) is 0 Å². The molecule has 0 aliphatic carbocycles. The van der Waals surface area contributed by atoms with Crippen molar-refractivity contribution in [1.82, 2.24) is 15.0 Å². The molecule has 2 rings (SSSR count). The largest absolute Gasteiger partial charge is 0.378 e. The van der Waals surface area contributed by atoms with Crippen LogP contribution >= 0.6 is 11.6 Å². The van der Waals surface area contributed by atoms with Crippen molar-refractivity contribution in [1.29, 1.82) is 0 Å². The highest BCUT2D eigenvalue weighted by molar-refractivity contribution is 6.33. The van der Waals surface area contributed by atoms with E-state index >= 15 is 0 Å². The van der Waals surface area contributed by atoms with E-state index in [1.165, 1.54) is 0 Å². The Morgan fingerprint density at radius 2 is 2.05 bits per heavy atom. The fourth-order valence-corrected chi connectivity index (χ4v) is 2.03. The summed E-state index contributed by atoms with van der Waals surface area (Å²) in [6.07, 6.45) is 1.96. The van der Waals surface area contributed by atoms with Crippen molar-refractivity contribution in [2.24, 2.45) is 0 Å². The van der Waals surface area contributed by atoms with E-state index in [0.717, 1.165) is 22.0 Å². The Morgan fingerprint density at radius 3 is 2.63 bits per heavy atom. The third kappa shape index (κ3) is 3.26. The molecule has 4 nitrogen and oxygen atoms in total. The van der Waals surface area contributed by atoms with Crippen molar-refractivity contribution in [3.63, 3.8) is 0 Å². The van der Waals surface area contributed by atoms with Gasteiger partial charge < -0.3 is 5.32 Å². The second kappa shape index (κ2) is 5.21. The molecule has 0 saturated carbocycles. The van der Waals surface area contributed by atoms with Gasteiger partial charge in [-0.1, -0.05) is 28.9 Å². The summed E-state index contributed by atoms with van der Waals surface area (Å²) in [5.74, 6) is 0. The van der Waals surface area contributed by atoms with Crippen LogP contribution in [0.4, 0.5) is 5.69 Å². The Kier molecular flexibility index (Phi) is 3.80. The van der Waals surface area contributed by atoms with Gasteiger partial charge in [0.2, 0.25) is 0 Å². The quantitative estimate of drug-likeness (QED) is 0.933. The van der Waals surface area contributed by atoms with Gasteiger partial charge >= 0.3 is 0 Å². The van der Waals surface area contributed by atoms with Crippen LogP contribution in [0.3, 0.4) is 0 Å². The minimum Gasteiger partial charge on any atom is -0.378 e. The van der Waals surface area contributed by atoms with Gasteiger partial charge in [0.1, 0.15) is 5.69 Å². The molecular weight excluding hydrogens is 260 g/mol. The molecule has 1 aromatic carbocycles. The van der Waals surface area contributed by atoms with E-state index in [1.807, 2.05) is 36.0 Å². The van der Waals surface area contributed by atoms with Crippen LogP contribution in [0.2, 0.25) is 5.02 Å². The topological polar surface area (TPSA) is 42.7 Å². The van der Waals surface area contributed by atoms with E-state index < -0.39 is 0 Å². The number of para-hydroxylation sites is 1. The first-order valence-corrected chi connectivity index (χ1v) is 6.66. The first kappa shape index (κ1) is 13.9. The van der Waals surface area contributed by atoms with Crippen molar-refractivity contribution in [2.45, 2.75) is 39.8 Å². The van der Waals surface area contributed by atoms with E-state index in [4.69, 9.17) is 11.6 Å². The maximum Gasteiger partial charge on any atom is 0.102 e. The monoisotopic (exact) mass is 278 g/mol. The third-order valence-electron chi connectivity index (χ3n) is 2.90. The fourth-order valence-electron chi connectivity index (χ4n) is 1.74. The standard InChI is InChI=1S/C14H19ClN4/c1-10-6-5-7-12(15)13(10)16-8-11-9-19(18-17-11)14(2,3)4/h5-7,9,16H,8H2,1-4H3. The van der Waals surface area contributed by atoms with E-state index in [1.54, 1.807) is 0 Å². The average molecular weight is 279 g/mol. The number of nitrogens with zero attached hydrogens (tertiary/aromatic N) is 3. The van der Waals surface area contributed by atoms with Gasteiger partial charge in [-0.05, 0) is 39.3 Å². The van der Waals surface area contributed by atoms with Crippen molar-refractivity contribution in [2.75, 3.05) is 5.32 Å². The third-order valence-corrected chi connectivity index (χ3v) is 3.21. The molecular formula is C14H19ClN4. The number of rotatable bonds is 3. The van der Waals surface area contributed by atoms with Gasteiger partial charge in [0.15, 0.2) is 0 Å². The maximum absolute atomic E-state index is 6.17.